The van der Waals surface area contributed by atoms with Gasteiger partial charge in [0, 0.05) is 37.4 Å². The Kier molecular flexibility index (Phi) is 6.01. The molecule has 4 rings (SSSR count). The quantitative estimate of drug-likeness (QED) is 0.537. The van der Waals surface area contributed by atoms with Gasteiger partial charge in [-0.05, 0) is 37.5 Å². The van der Waals surface area contributed by atoms with Crippen molar-refractivity contribution in [3.05, 3.63) is 54.5 Å². The third kappa shape index (κ3) is 4.47. The van der Waals surface area contributed by atoms with Crippen molar-refractivity contribution in [2.24, 2.45) is 0 Å². The van der Waals surface area contributed by atoms with E-state index < -0.39 is 10.0 Å². The summed E-state index contributed by atoms with van der Waals surface area (Å²) in [7, 11) is -3.70. The molecule has 0 aliphatic carbocycles. The number of hydrogen-bond donors (Lipinski definition) is 2. The van der Waals surface area contributed by atoms with Crippen LogP contribution in [0.1, 0.15) is 29.8 Å². The normalized spacial score (nSPS) is 14.3. The Hall–Kier alpha value is -2.91. The zero-order chi connectivity index (χ0) is 21.0. The van der Waals surface area contributed by atoms with Gasteiger partial charge in [0.25, 0.3) is 5.91 Å². The molecule has 8 nitrogen and oxygen atoms in total. The minimum absolute atomic E-state index is 0.0595. The number of nitrogens with zero attached hydrogens (tertiary/aromatic N) is 2. The Balaban J connectivity index is 1.29. The second kappa shape index (κ2) is 8.85. The first-order valence-electron chi connectivity index (χ1n) is 9.98. The molecule has 1 saturated heterocycles. The fraction of sp³-hybridized carbons (Fsp3) is 0.333. The summed E-state index contributed by atoms with van der Waals surface area (Å²) >= 11 is 0. The first kappa shape index (κ1) is 20.4. The highest BCUT2D eigenvalue weighted by atomic mass is 32.2. The number of pyridine rings is 1. The SMILES string of the molecule is O=C(c1cc(S(=O)(=O)NCCCOc2cccc3cccnc23)c[nH]1)N1CCCC1. The number of amides is 1. The average Bonchev–Trinajstić information content (AvgIpc) is 3.46. The molecule has 1 aliphatic rings. The first-order chi connectivity index (χ1) is 14.5. The monoisotopic (exact) mass is 428 g/mol. The van der Waals surface area contributed by atoms with Gasteiger partial charge in [-0.15, -0.1) is 0 Å². The Labute approximate surface area is 175 Å². The topological polar surface area (TPSA) is 104 Å². The van der Waals surface area contributed by atoms with Crippen molar-refractivity contribution >= 4 is 26.8 Å². The molecule has 0 saturated carbocycles. The summed E-state index contributed by atoms with van der Waals surface area (Å²) in [5, 5.41) is 0.988. The predicted octanol–water partition coefficient (Wildman–Crippen LogP) is 2.55. The zero-order valence-corrected chi connectivity index (χ0v) is 17.3. The summed E-state index contributed by atoms with van der Waals surface area (Å²) < 4.78 is 33.3. The summed E-state index contributed by atoms with van der Waals surface area (Å²) in [6.07, 6.45) is 5.52. The molecule has 0 unspecified atom stereocenters. The highest BCUT2D eigenvalue weighted by Crippen LogP contribution is 2.23. The van der Waals surface area contributed by atoms with Gasteiger partial charge >= 0.3 is 0 Å². The summed E-state index contributed by atoms with van der Waals surface area (Å²) in [6, 6.07) is 10.9. The molecular formula is C21H24N4O4S. The van der Waals surface area contributed by atoms with Crippen LogP contribution in [0.5, 0.6) is 5.75 Å². The van der Waals surface area contributed by atoms with E-state index in [4.69, 9.17) is 4.74 Å². The number of ether oxygens (including phenoxy) is 1. The second-order valence-corrected chi connectivity index (χ2v) is 8.95. The molecule has 30 heavy (non-hydrogen) atoms. The van der Waals surface area contributed by atoms with E-state index in [0.29, 0.717) is 37.6 Å². The molecular weight excluding hydrogens is 404 g/mol. The third-order valence-electron chi connectivity index (χ3n) is 5.06. The van der Waals surface area contributed by atoms with E-state index >= 15 is 0 Å². The Bertz CT molecular complexity index is 1130. The highest BCUT2D eigenvalue weighted by Gasteiger charge is 2.23. The number of fused-ring (bicyclic) bond motifs is 1. The number of H-pyrrole nitrogens is 1. The molecule has 9 heteroatoms. The number of benzene rings is 1. The average molecular weight is 429 g/mol. The number of aromatic nitrogens is 2. The van der Waals surface area contributed by atoms with E-state index in [-0.39, 0.29) is 17.3 Å². The number of carbonyl (C=O) groups is 1. The van der Waals surface area contributed by atoms with E-state index in [0.717, 1.165) is 23.7 Å². The van der Waals surface area contributed by atoms with Crippen molar-refractivity contribution < 1.29 is 17.9 Å². The molecule has 0 radical (unpaired) electrons. The minimum atomic E-state index is -3.70. The maximum absolute atomic E-state index is 12.5. The molecule has 0 atom stereocenters. The van der Waals surface area contributed by atoms with Crippen LogP contribution in [-0.4, -0.2) is 55.4 Å². The van der Waals surface area contributed by atoms with Crippen molar-refractivity contribution in [1.82, 2.24) is 19.6 Å². The lowest BCUT2D eigenvalue weighted by molar-refractivity contribution is 0.0787. The maximum atomic E-state index is 12.5. The van der Waals surface area contributed by atoms with Gasteiger partial charge in [0.15, 0.2) is 0 Å². The number of sulfonamides is 1. The predicted molar refractivity (Wildman–Crippen MR) is 113 cm³/mol. The Morgan fingerprint density at radius 3 is 2.83 bits per heavy atom. The van der Waals surface area contributed by atoms with E-state index in [1.54, 1.807) is 11.1 Å². The van der Waals surface area contributed by atoms with Crippen LogP contribution in [0, 0.1) is 0 Å². The molecule has 2 aromatic heterocycles. The number of hydrogen-bond acceptors (Lipinski definition) is 5. The molecule has 1 aromatic carbocycles. The fourth-order valence-corrected chi connectivity index (χ4v) is 4.55. The summed E-state index contributed by atoms with van der Waals surface area (Å²) in [5.74, 6) is 0.512. The fourth-order valence-electron chi connectivity index (χ4n) is 3.48. The number of aromatic amines is 1. The van der Waals surface area contributed by atoms with Crippen LogP contribution in [0.15, 0.2) is 53.7 Å². The minimum Gasteiger partial charge on any atom is -0.491 e. The molecule has 158 valence electrons. The van der Waals surface area contributed by atoms with Gasteiger partial charge in [0.1, 0.15) is 21.9 Å². The van der Waals surface area contributed by atoms with Gasteiger partial charge in [0.05, 0.1) is 6.61 Å². The Morgan fingerprint density at radius 2 is 2.00 bits per heavy atom. The van der Waals surface area contributed by atoms with Gasteiger partial charge in [-0.25, -0.2) is 13.1 Å². The molecule has 0 spiro atoms. The molecule has 3 heterocycles. The van der Waals surface area contributed by atoms with Gasteiger partial charge in [-0.1, -0.05) is 18.2 Å². The smallest absolute Gasteiger partial charge is 0.270 e. The second-order valence-electron chi connectivity index (χ2n) is 7.18. The number of para-hydroxylation sites is 1. The van der Waals surface area contributed by atoms with Crippen molar-refractivity contribution in [3.8, 4) is 5.75 Å². The van der Waals surface area contributed by atoms with Gasteiger partial charge < -0.3 is 14.6 Å². The van der Waals surface area contributed by atoms with Crippen LogP contribution in [-0.2, 0) is 10.0 Å². The highest BCUT2D eigenvalue weighted by molar-refractivity contribution is 7.89. The first-order valence-corrected chi connectivity index (χ1v) is 11.5. The molecule has 0 bridgehead atoms. The molecule has 1 aliphatic heterocycles. The van der Waals surface area contributed by atoms with E-state index in [2.05, 4.69) is 14.7 Å². The van der Waals surface area contributed by atoms with Crippen LogP contribution in [0.4, 0.5) is 0 Å². The van der Waals surface area contributed by atoms with Gasteiger partial charge in [-0.3, -0.25) is 9.78 Å². The van der Waals surface area contributed by atoms with Crippen molar-refractivity contribution in [2.45, 2.75) is 24.2 Å². The lowest BCUT2D eigenvalue weighted by Crippen LogP contribution is -2.28. The van der Waals surface area contributed by atoms with Gasteiger partial charge in [0.2, 0.25) is 10.0 Å². The Morgan fingerprint density at radius 1 is 1.20 bits per heavy atom. The molecule has 2 N–H and O–H groups in total. The molecule has 1 amide bonds. The van der Waals surface area contributed by atoms with Crippen LogP contribution < -0.4 is 9.46 Å². The lowest BCUT2D eigenvalue weighted by atomic mass is 10.2. The van der Waals surface area contributed by atoms with Crippen molar-refractivity contribution in [1.29, 1.82) is 0 Å². The number of carbonyl (C=O) groups excluding carboxylic acids is 1. The van der Waals surface area contributed by atoms with E-state index in [9.17, 15) is 13.2 Å². The number of likely N-dealkylation sites (tertiary alicyclic amines) is 1. The van der Waals surface area contributed by atoms with Crippen LogP contribution in [0.25, 0.3) is 10.9 Å². The molecule has 3 aromatic rings. The lowest BCUT2D eigenvalue weighted by Gasteiger charge is -2.13. The van der Waals surface area contributed by atoms with Gasteiger partial charge in [-0.2, -0.15) is 0 Å². The van der Waals surface area contributed by atoms with Crippen LogP contribution in [0.3, 0.4) is 0 Å². The molecule has 1 fully saturated rings. The summed E-state index contributed by atoms with van der Waals surface area (Å²) in [4.78, 5) is 21.3. The van der Waals surface area contributed by atoms with Crippen LogP contribution in [0.2, 0.25) is 0 Å². The zero-order valence-electron chi connectivity index (χ0n) is 16.5. The number of rotatable bonds is 8. The van der Waals surface area contributed by atoms with Crippen molar-refractivity contribution in [3.63, 3.8) is 0 Å². The van der Waals surface area contributed by atoms with E-state index in [1.807, 2.05) is 30.3 Å². The standard InChI is InChI=1S/C21H24N4O4S/c26-21(25-11-1-2-12-25)18-14-17(15-23-18)30(27,28)24-10-5-13-29-19-8-3-6-16-7-4-9-22-20(16)19/h3-4,6-9,14-15,23-24H,1-2,5,10-13H2. The van der Waals surface area contributed by atoms with E-state index in [1.165, 1.54) is 12.3 Å². The maximum Gasteiger partial charge on any atom is 0.270 e. The number of nitrogens with one attached hydrogen (secondary N) is 2. The summed E-state index contributed by atoms with van der Waals surface area (Å²) in [5.41, 5.74) is 1.08. The largest absolute Gasteiger partial charge is 0.491 e. The van der Waals surface area contributed by atoms with Crippen LogP contribution >= 0.6 is 0 Å². The third-order valence-corrected chi connectivity index (χ3v) is 6.50. The summed E-state index contributed by atoms with van der Waals surface area (Å²) in [6.45, 7) is 2.00. The van der Waals surface area contributed by atoms with Crippen molar-refractivity contribution in [2.75, 3.05) is 26.2 Å².